The van der Waals surface area contributed by atoms with Crippen LogP contribution in [0.2, 0.25) is 0 Å². The van der Waals surface area contributed by atoms with Crippen molar-refractivity contribution >= 4 is 11.8 Å². The van der Waals surface area contributed by atoms with Crippen molar-refractivity contribution < 1.29 is 9.59 Å². The van der Waals surface area contributed by atoms with E-state index in [2.05, 4.69) is 10.6 Å². The second kappa shape index (κ2) is 7.63. The third kappa shape index (κ3) is 4.45. The van der Waals surface area contributed by atoms with Crippen LogP contribution in [0.3, 0.4) is 0 Å². The van der Waals surface area contributed by atoms with Crippen molar-refractivity contribution in [3.05, 3.63) is 53.9 Å². The second-order valence-electron chi connectivity index (χ2n) is 5.79. The van der Waals surface area contributed by atoms with E-state index in [0.29, 0.717) is 18.7 Å². The van der Waals surface area contributed by atoms with E-state index in [1.54, 1.807) is 0 Å². The van der Waals surface area contributed by atoms with Gasteiger partial charge in [-0.15, -0.1) is 0 Å². The van der Waals surface area contributed by atoms with Crippen molar-refractivity contribution in [1.29, 1.82) is 0 Å². The fraction of sp³-hybridized carbons (Fsp3) is 0.333. The minimum absolute atomic E-state index is 0.00974. The third-order valence-corrected chi connectivity index (χ3v) is 3.59. The molecular formula is C18H23N3O2. The molecule has 0 bridgehead atoms. The summed E-state index contributed by atoms with van der Waals surface area (Å²) in [5, 5.41) is 5.60. The summed E-state index contributed by atoms with van der Waals surface area (Å²) < 4.78 is 1.98. The Labute approximate surface area is 136 Å². The molecule has 0 saturated carbocycles. The molecule has 2 rings (SSSR count). The number of hydrogen-bond acceptors (Lipinski definition) is 2. The summed E-state index contributed by atoms with van der Waals surface area (Å²) in [7, 11) is 0. The lowest BCUT2D eigenvalue weighted by molar-refractivity contribution is -0.123. The van der Waals surface area contributed by atoms with Crippen LogP contribution >= 0.6 is 0 Å². The van der Waals surface area contributed by atoms with Crippen molar-refractivity contribution in [1.82, 2.24) is 15.2 Å². The molecule has 1 aromatic heterocycles. The van der Waals surface area contributed by atoms with Gasteiger partial charge in [-0.1, -0.05) is 19.9 Å². The van der Waals surface area contributed by atoms with Gasteiger partial charge in [-0.3, -0.25) is 9.59 Å². The molecule has 0 radical (unpaired) electrons. The number of nitrogens with zero attached hydrogens (tertiary/aromatic N) is 1. The molecule has 0 fully saturated rings. The molecule has 0 unspecified atom stereocenters. The SMILES string of the molecule is Cc1ccc(C(=O)NCCNC(=O)C(C)C)cc1-n1cccc1. The van der Waals surface area contributed by atoms with Crippen molar-refractivity contribution in [3.8, 4) is 5.69 Å². The van der Waals surface area contributed by atoms with Gasteiger partial charge in [0.25, 0.3) is 5.91 Å². The molecule has 122 valence electrons. The Morgan fingerprint density at radius 3 is 2.39 bits per heavy atom. The molecule has 23 heavy (non-hydrogen) atoms. The minimum atomic E-state index is -0.141. The molecule has 1 aromatic carbocycles. The van der Waals surface area contributed by atoms with Gasteiger partial charge in [0.05, 0.1) is 0 Å². The van der Waals surface area contributed by atoms with Crippen LogP contribution in [-0.4, -0.2) is 29.5 Å². The smallest absolute Gasteiger partial charge is 0.251 e. The van der Waals surface area contributed by atoms with Gasteiger partial charge in [-0.25, -0.2) is 0 Å². The van der Waals surface area contributed by atoms with E-state index in [4.69, 9.17) is 0 Å². The first-order valence-electron chi connectivity index (χ1n) is 7.79. The summed E-state index contributed by atoms with van der Waals surface area (Å²) in [4.78, 5) is 23.7. The quantitative estimate of drug-likeness (QED) is 0.804. The lowest BCUT2D eigenvalue weighted by Crippen LogP contribution is -2.36. The summed E-state index contributed by atoms with van der Waals surface area (Å²) in [6.45, 7) is 6.52. The molecule has 0 saturated heterocycles. The summed E-state index contributed by atoms with van der Waals surface area (Å²) in [6, 6.07) is 9.51. The monoisotopic (exact) mass is 313 g/mol. The number of carbonyl (C=O) groups is 2. The van der Waals surface area contributed by atoms with Crippen molar-refractivity contribution in [2.24, 2.45) is 5.92 Å². The van der Waals surface area contributed by atoms with E-state index in [1.165, 1.54) is 0 Å². The molecule has 2 amide bonds. The summed E-state index contributed by atoms with van der Waals surface area (Å²) in [5.74, 6) is -0.200. The first-order chi connectivity index (χ1) is 11.0. The fourth-order valence-electron chi connectivity index (χ4n) is 2.19. The molecule has 0 spiro atoms. The van der Waals surface area contributed by atoms with E-state index in [9.17, 15) is 9.59 Å². The zero-order valence-corrected chi connectivity index (χ0v) is 13.8. The molecule has 1 heterocycles. The maximum Gasteiger partial charge on any atom is 0.251 e. The van der Waals surface area contributed by atoms with Crippen LogP contribution in [0.25, 0.3) is 5.69 Å². The summed E-state index contributed by atoms with van der Waals surface area (Å²) >= 11 is 0. The zero-order chi connectivity index (χ0) is 16.8. The molecular weight excluding hydrogens is 290 g/mol. The van der Waals surface area contributed by atoms with E-state index < -0.39 is 0 Å². The number of carbonyl (C=O) groups excluding carboxylic acids is 2. The highest BCUT2D eigenvalue weighted by atomic mass is 16.2. The lowest BCUT2D eigenvalue weighted by Gasteiger charge is -2.11. The van der Waals surface area contributed by atoms with Crippen molar-refractivity contribution in [2.45, 2.75) is 20.8 Å². The van der Waals surface area contributed by atoms with Gasteiger partial charge >= 0.3 is 0 Å². The Kier molecular flexibility index (Phi) is 5.57. The maximum absolute atomic E-state index is 12.2. The van der Waals surface area contributed by atoms with Crippen molar-refractivity contribution in [2.75, 3.05) is 13.1 Å². The summed E-state index contributed by atoms with van der Waals surface area (Å²) in [5.41, 5.74) is 2.69. The lowest BCUT2D eigenvalue weighted by atomic mass is 10.1. The van der Waals surface area contributed by atoms with E-state index >= 15 is 0 Å². The third-order valence-electron chi connectivity index (χ3n) is 3.59. The zero-order valence-electron chi connectivity index (χ0n) is 13.8. The van der Waals surface area contributed by atoms with E-state index in [0.717, 1.165) is 11.3 Å². The molecule has 2 aromatic rings. The number of hydrogen-bond donors (Lipinski definition) is 2. The number of aromatic nitrogens is 1. The van der Waals surface area contributed by atoms with Gasteiger partial charge in [0.2, 0.25) is 5.91 Å². The Bertz CT molecular complexity index is 676. The van der Waals surface area contributed by atoms with Crippen LogP contribution in [0.5, 0.6) is 0 Å². The average Bonchev–Trinajstić information content (AvgIpc) is 3.05. The Hall–Kier alpha value is -2.56. The standard InChI is InChI=1S/C18H23N3O2/c1-13(2)17(22)19-8-9-20-18(23)15-7-6-14(3)16(12-15)21-10-4-5-11-21/h4-7,10-13H,8-9H2,1-3H3,(H,19,22)(H,20,23). The highest BCUT2D eigenvalue weighted by molar-refractivity contribution is 5.95. The average molecular weight is 313 g/mol. The number of nitrogens with one attached hydrogen (secondary N) is 2. The number of amides is 2. The largest absolute Gasteiger partial charge is 0.354 e. The van der Waals surface area contributed by atoms with Gasteiger partial charge in [0.15, 0.2) is 0 Å². The molecule has 2 N–H and O–H groups in total. The number of rotatable bonds is 6. The fourth-order valence-corrected chi connectivity index (χ4v) is 2.19. The first kappa shape index (κ1) is 16.8. The topological polar surface area (TPSA) is 63.1 Å². The molecule has 0 aliphatic heterocycles. The summed E-state index contributed by atoms with van der Waals surface area (Å²) in [6.07, 6.45) is 3.90. The van der Waals surface area contributed by atoms with Gasteiger partial charge < -0.3 is 15.2 Å². The predicted molar refractivity (Wildman–Crippen MR) is 90.7 cm³/mol. The van der Waals surface area contributed by atoms with E-state index in [1.807, 2.05) is 68.1 Å². The van der Waals surface area contributed by atoms with Gasteiger partial charge in [-0.05, 0) is 36.8 Å². The molecule has 5 heteroatoms. The van der Waals surface area contributed by atoms with Gasteiger partial charge in [0.1, 0.15) is 0 Å². The Morgan fingerprint density at radius 1 is 1.09 bits per heavy atom. The Balaban J connectivity index is 1.95. The van der Waals surface area contributed by atoms with Crippen LogP contribution in [-0.2, 0) is 4.79 Å². The predicted octanol–water partition coefficient (Wildman–Crippen LogP) is 2.29. The number of aryl methyl sites for hydroxylation is 1. The highest BCUT2D eigenvalue weighted by Gasteiger charge is 2.09. The number of benzene rings is 1. The van der Waals surface area contributed by atoms with Crippen LogP contribution in [0, 0.1) is 12.8 Å². The molecule has 0 aliphatic rings. The van der Waals surface area contributed by atoms with Crippen LogP contribution in [0.4, 0.5) is 0 Å². The Morgan fingerprint density at radius 2 is 1.74 bits per heavy atom. The highest BCUT2D eigenvalue weighted by Crippen LogP contribution is 2.16. The minimum Gasteiger partial charge on any atom is -0.354 e. The molecule has 0 aliphatic carbocycles. The van der Waals surface area contributed by atoms with Gasteiger partial charge in [-0.2, -0.15) is 0 Å². The maximum atomic E-state index is 12.2. The van der Waals surface area contributed by atoms with E-state index in [-0.39, 0.29) is 17.7 Å². The van der Waals surface area contributed by atoms with Crippen LogP contribution < -0.4 is 10.6 Å². The van der Waals surface area contributed by atoms with Crippen LogP contribution in [0.1, 0.15) is 29.8 Å². The van der Waals surface area contributed by atoms with Gasteiger partial charge in [0, 0.05) is 42.7 Å². The normalized spacial score (nSPS) is 10.6. The molecule has 0 atom stereocenters. The van der Waals surface area contributed by atoms with Crippen molar-refractivity contribution in [3.63, 3.8) is 0 Å². The first-order valence-corrected chi connectivity index (χ1v) is 7.79. The second-order valence-corrected chi connectivity index (χ2v) is 5.79. The molecule has 5 nitrogen and oxygen atoms in total. The van der Waals surface area contributed by atoms with Crippen LogP contribution in [0.15, 0.2) is 42.7 Å².